The van der Waals surface area contributed by atoms with Crippen molar-refractivity contribution in [2.24, 2.45) is 0 Å². The molecule has 16 heavy (non-hydrogen) atoms. The van der Waals surface area contributed by atoms with Crippen molar-refractivity contribution < 1.29 is 19.0 Å². The number of alkyl halides is 1. The molecule has 86 valence electrons. The normalized spacial score (nSPS) is 16.9. The predicted molar refractivity (Wildman–Crippen MR) is 56.4 cm³/mol. The quantitative estimate of drug-likeness (QED) is 0.853. The highest BCUT2D eigenvalue weighted by Crippen LogP contribution is 2.50. The minimum absolute atomic E-state index is 0.366. The monoisotopic (exact) mass is 224 g/mol. The van der Waals surface area contributed by atoms with Gasteiger partial charge in [0.15, 0.2) is 0 Å². The Bertz CT molecular complexity index is 424. The van der Waals surface area contributed by atoms with Crippen LogP contribution in [0.3, 0.4) is 0 Å². The van der Waals surface area contributed by atoms with Gasteiger partial charge in [0.05, 0.1) is 12.5 Å². The van der Waals surface area contributed by atoms with Gasteiger partial charge in [-0.3, -0.25) is 4.79 Å². The Labute approximate surface area is 92.9 Å². The molecular weight excluding hydrogens is 211 g/mol. The van der Waals surface area contributed by atoms with Crippen LogP contribution in [0.2, 0.25) is 0 Å². The number of rotatable bonds is 4. The van der Waals surface area contributed by atoms with Crippen LogP contribution in [-0.4, -0.2) is 18.2 Å². The molecule has 1 fully saturated rings. The van der Waals surface area contributed by atoms with Crippen molar-refractivity contribution in [2.75, 3.05) is 7.11 Å². The number of benzene rings is 1. The van der Waals surface area contributed by atoms with Crippen molar-refractivity contribution in [3.05, 3.63) is 29.3 Å². The van der Waals surface area contributed by atoms with Gasteiger partial charge in [-0.15, -0.1) is 0 Å². The summed E-state index contributed by atoms with van der Waals surface area (Å²) in [6.07, 6.45) is 1.14. The van der Waals surface area contributed by atoms with Crippen LogP contribution in [-0.2, 0) is 16.9 Å². The molecule has 0 spiro atoms. The fourth-order valence-corrected chi connectivity index (χ4v) is 2.07. The lowest BCUT2D eigenvalue weighted by atomic mass is 9.91. The molecule has 1 aromatic rings. The van der Waals surface area contributed by atoms with Gasteiger partial charge in [0.25, 0.3) is 0 Å². The molecule has 4 heteroatoms. The van der Waals surface area contributed by atoms with Gasteiger partial charge in [-0.1, -0.05) is 12.1 Å². The number of halogens is 1. The molecule has 0 amide bonds. The zero-order valence-electron chi connectivity index (χ0n) is 9.00. The molecule has 0 unspecified atom stereocenters. The van der Waals surface area contributed by atoms with E-state index in [1.165, 1.54) is 7.11 Å². The maximum absolute atomic E-state index is 13.0. The maximum Gasteiger partial charge on any atom is 0.314 e. The first-order valence-corrected chi connectivity index (χ1v) is 5.11. The van der Waals surface area contributed by atoms with E-state index >= 15 is 0 Å². The van der Waals surface area contributed by atoms with E-state index in [9.17, 15) is 14.3 Å². The summed E-state index contributed by atoms with van der Waals surface area (Å²) in [5, 5.41) is 9.18. The van der Waals surface area contributed by atoms with Crippen molar-refractivity contribution in [1.82, 2.24) is 0 Å². The van der Waals surface area contributed by atoms with E-state index in [4.69, 9.17) is 4.74 Å². The van der Waals surface area contributed by atoms with E-state index in [1.54, 1.807) is 18.2 Å². The second kappa shape index (κ2) is 3.77. The van der Waals surface area contributed by atoms with E-state index in [-0.39, 0.29) is 0 Å². The average Bonchev–Trinajstić information content (AvgIpc) is 3.09. The number of carbonyl (C=O) groups is 1. The van der Waals surface area contributed by atoms with E-state index < -0.39 is 18.1 Å². The van der Waals surface area contributed by atoms with Crippen LogP contribution in [0.25, 0.3) is 0 Å². The van der Waals surface area contributed by atoms with Crippen molar-refractivity contribution in [3.63, 3.8) is 0 Å². The standard InChI is InChI=1S/C12H13FO3/c1-16-10-4-2-3-9(8(10)7-13)12(5-6-12)11(14)15/h2-4H,5-7H2,1H3,(H,14,15). The van der Waals surface area contributed by atoms with Gasteiger partial charge in [-0.05, 0) is 24.5 Å². The van der Waals surface area contributed by atoms with Gasteiger partial charge in [0.2, 0.25) is 0 Å². The maximum atomic E-state index is 13.0. The zero-order valence-corrected chi connectivity index (χ0v) is 9.00. The molecule has 2 rings (SSSR count). The first kappa shape index (κ1) is 10.9. The highest BCUT2D eigenvalue weighted by atomic mass is 19.1. The third kappa shape index (κ3) is 1.45. The molecular formula is C12H13FO3. The van der Waals surface area contributed by atoms with Crippen LogP contribution in [0.1, 0.15) is 24.0 Å². The first-order chi connectivity index (χ1) is 7.65. The van der Waals surface area contributed by atoms with Gasteiger partial charge in [0.1, 0.15) is 12.4 Å². The first-order valence-electron chi connectivity index (χ1n) is 5.11. The van der Waals surface area contributed by atoms with Crippen LogP contribution >= 0.6 is 0 Å². The highest BCUT2D eigenvalue weighted by Gasteiger charge is 2.53. The van der Waals surface area contributed by atoms with Crippen molar-refractivity contribution in [2.45, 2.75) is 24.9 Å². The summed E-state index contributed by atoms with van der Waals surface area (Å²) in [5.74, 6) is -0.456. The molecule has 0 bridgehead atoms. The number of hydrogen-bond acceptors (Lipinski definition) is 2. The largest absolute Gasteiger partial charge is 0.496 e. The number of ether oxygens (including phenoxy) is 1. The lowest BCUT2D eigenvalue weighted by molar-refractivity contribution is -0.140. The Kier molecular flexibility index (Phi) is 2.58. The lowest BCUT2D eigenvalue weighted by Gasteiger charge is -2.16. The molecule has 0 heterocycles. The molecule has 0 saturated heterocycles. The lowest BCUT2D eigenvalue weighted by Crippen LogP contribution is -2.21. The second-order valence-electron chi connectivity index (χ2n) is 4.01. The zero-order chi connectivity index (χ0) is 11.8. The summed E-state index contributed by atoms with van der Waals surface area (Å²) >= 11 is 0. The molecule has 0 aromatic heterocycles. The van der Waals surface area contributed by atoms with Crippen LogP contribution in [0.5, 0.6) is 5.75 Å². The van der Waals surface area contributed by atoms with Gasteiger partial charge in [-0.25, -0.2) is 4.39 Å². The topological polar surface area (TPSA) is 46.5 Å². The van der Waals surface area contributed by atoms with Crippen molar-refractivity contribution in [1.29, 1.82) is 0 Å². The van der Waals surface area contributed by atoms with E-state index in [0.717, 1.165) is 0 Å². The Morgan fingerprint density at radius 3 is 2.69 bits per heavy atom. The molecule has 0 radical (unpaired) electrons. The molecule has 0 aliphatic heterocycles. The average molecular weight is 224 g/mol. The van der Waals surface area contributed by atoms with Crippen molar-refractivity contribution in [3.8, 4) is 5.75 Å². The smallest absolute Gasteiger partial charge is 0.314 e. The van der Waals surface area contributed by atoms with E-state index in [2.05, 4.69) is 0 Å². The van der Waals surface area contributed by atoms with Crippen LogP contribution in [0, 0.1) is 0 Å². The molecule has 1 aromatic carbocycles. The van der Waals surface area contributed by atoms with Gasteiger partial charge in [-0.2, -0.15) is 0 Å². The fourth-order valence-electron chi connectivity index (χ4n) is 2.07. The Morgan fingerprint density at radius 2 is 2.25 bits per heavy atom. The van der Waals surface area contributed by atoms with E-state index in [0.29, 0.717) is 29.7 Å². The number of aliphatic carboxylic acids is 1. The molecule has 1 aliphatic carbocycles. The van der Waals surface area contributed by atoms with Gasteiger partial charge in [0, 0.05) is 5.56 Å². The highest BCUT2D eigenvalue weighted by molar-refractivity contribution is 5.85. The SMILES string of the molecule is COc1cccc(C2(C(=O)O)CC2)c1CF. The van der Waals surface area contributed by atoms with Gasteiger partial charge >= 0.3 is 5.97 Å². The summed E-state index contributed by atoms with van der Waals surface area (Å²) < 4.78 is 18.0. The molecule has 3 nitrogen and oxygen atoms in total. The van der Waals surface area contributed by atoms with Crippen LogP contribution in [0.4, 0.5) is 4.39 Å². The van der Waals surface area contributed by atoms with Crippen molar-refractivity contribution >= 4 is 5.97 Å². The Hall–Kier alpha value is -1.58. The summed E-state index contributed by atoms with van der Waals surface area (Å²) in [6, 6.07) is 5.03. The summed E-state index contributed by atoms with van der Waals surface area (Å²) in [5.41, 5.74) is 0.0439. The minimum atomic E-state index is -0.879. The van der Waals surface area contributed by atoms with Gasteiger partial charge < -0.3 is 9.84 Å². The number of carboxylic acid groups (broad SMARTS) is 1. The minimum Gasteiger partial charge on any atom is -0.496 e. The molecule has 1 aliphatic rings. The molecule has 1 saturated carbocycles. The third-order valence-corrected chi connectivity index (χ3v) is 3.16. The Morgan fingerprint density at radius 1 is 1.56 bits per heavy atom. The molecule has 0 atom stereocenters. The third-order valence-electron chi connectivity index (χ3n) is 3.16. The molecule has 1 N–H and O–H groups in total. The Balaban J connectivity index is 2.53. The number of hydrogen-bond donors (Lipinski definition) is 1. The number of carboxylic acids is 1. The summed E-state index contributed by atoms with van der Waals surface area (Å²) in [6.45, 7) is -0.700. The number of methoxy groups -OCH3 is 1. The second-order valence-corrected chi connectivity index (χ2v) is 4.01. The van der Waals surface area contributed by atoms with Crippen LogP contribution in [0.15, 0.2) is 18.2 Å². The fraction of sp³-hybridized carbons (Fsp3) is 0.417. The summed E-state index contributed by atoms with van der Waals surface area (Å²) in [7, 11) is 1.46. The van der Waals surface area contributed by atoms with Crippen LogP contribution < -0.4 is 4.74 Å². The summed E-state index contributed by atoms with van der Waals surface area (Å²) in [4.78, 5) is 11.2. The predicted octanol–water partition coefficient (Wildman–Crippen LogP) is 2.28. The van der Waals surface area contributed by atoms with E-state index in [1.807, 2.05) is 0 Å².